The van der Waals surface area contributed by atoms with Crippen molar-refractivity contribution in [2.75, 3.05) is 19.8 Å². The molecule has 2 fully saturated rings. The van der Waals surface area contributed by atoms with Gasteiger partial charge in [0.05, 0.1) is 12.2 Å². The SMILES string of the molecule is CC1(C)CC(NC(=O)C2(N)CCOC2)CCO1. The van der Waals surface area contributed by atoms with Gasteiger partial charge in [0.15, 0.2) is 0 Å². The fourth-order valence-electron chi connectivity index (χ4n) is 2.44. The highest BCUT2D eigenvalue weighted by molar-refractivity contribution is 5.86. The molecular weight excluding hydrogens is 220 g/mol. The molecule has 0 spiro atoms. The first-order valence-corrected chi connectivity index (χ1v) is 6.23. The fraction of sp³-hybridized carbons (Fsp3) is 0.917. The van der Waals surface area contributed by atoms with Gasteiger partial charge in [-0.05, 0) is 33.1 Å². The maximum Gasteiger partial charge on any atom is 0.242 e. The summed E-state index contributed by atoms with van der Waals surface area (Å²) in [5.74, 6) is -0.0855. The smallest absolute Gasteiger partial charge is 0.242 e. The minimum absolute atomic E-state index is 0.0855. The van der Waals surface area contributed by atoms with Gasteiger partial charge in [0.1, 0.15) is 5.54 Å². The number of carbonyl (C=O) groups excluding carboxylic acids is 1. The number of rotatable bonds is 2. The van der Waals surface area contributed by atoms with Gasteiger partial charge in [-0.3, -0.25) is 4.79 Å². The Balaban J connectivity index is 1.90. The predicted octanol–water partition coefficient (Wildman–Crippen LogP) is 0.178. The predicted molar refractivity (Wildman–Crippen MR) is 63.6 cm³/mol. The highest BCUT2D eigenvalue weighted by atomic mass is 16.5. The first-order valence-electron chi connectivity index (χ1n) is 6.23. The van der Waals surface area contributed by atoms with Crippen LogP contribution in [0.3, 0.4) is 0 Å². The Morgan fingerprint density at radius 2 is 2.18 bits per heavy atom. The molecule has 2 heterocycles. The second-order valence-electron chi connectivity index (χ2n) is 5.73. The maximum absolute atomic E-state index is 12.1. The third-order valence-corrected chi connectivity index (χ3v) is 3.54. The first-order chi connectivity index (χ1) is 7.91. The zero-order valence-electron chi connectivity index (χ0n) is 10.6. The fourth-order valence-corrected chi connectivity index (χ4v) is 2.44. The number of amides is 1. The molecule has 17 heavy (non-hydrogen) atoms. The number of hydrogen-bond donors (Lipinski definition) is 2. The topological polar surface area (TPSA) is 73.6 Å². The third-order valence-electron chi connectivity index (χ3n) is 3.54. The van der Waals surface area contributed by atoms with Crippen molar-refractivity contribution in [1.82, 2.24) is 5.32 Å². The summed E-state index contributed by atoms with van der Waals surface area (Å²) < 4.78 is 10.8. The number of ether oxygens (including phenoxy) is 2. The van der Waals surface area contributed by atoms with Crippen LogP contribution < -0.4 is 11.1 Å². The number of carbonyl (C=O) groups is 1. The van der Waals surface area contributed by atoms with Crippen LogP contribution >= 0.6 is 0 Å². The summed E-state index contributed by atoms with van der Waals surface area (Å²) in [6.07, 6.45) is 2.28. The summed E-state index contributed by atoms with van der Waals surface area (Å²) >= 11 is 0. The van der Waals surface area contributed by atoms with Crippen LogP contribution in [0.25, 0.3) is 0 Å². The molecule has 5 heteroatoms. The lowest BCUT2D eigenvalue weighted by molar-refractivity contribution is -0.129. The van der Waals surface area contributed by atoms with E-state index in [2.05, 4.69) is 5.32 Å². The Hall–Kier alpha value is -0.650. The van der Waals surface area contributed by atoms with Crippen LogP contribution in [-0.4, -0.2) is 42.9 Å². The Morgan fingerprint density at radius 3 is 2.76 bits per heavy atom. The Kier molecular flexibility index (Phi) is 3.43. The highest BCUT2D eigenvalue weighted by Gasteiger charge is 2.40. The molecule has 2 atom stereocenters. The summed E-state index contributed by atoms with van der Waals surface area (Å²) in [5, 5.41) is 3.03. The molecule has 2 aliphatic rings. The molecule has 98 valence electrons. The van der Waals surface area contributed by atoms with Gasteiger partial charge in [-0.1, -0.05) is 0 Å². The molecule has 0 bridgehead atoms. The molecule has 0 aromatic rings. The second-order valence-corrected chi connectivity index (χ2v) is 5.73. The van der Waals surface area contributed by atoms with E-state index < -0.39 is 5.54 Å². The van der Waals surface area contributed by atoms with Gasteiger partial charge in [-0.15, -0.1) is 0 Å². The largest absolute Gasteiger partial charge is 0.379 e. The molecule has 0 aromatic carbocycles. The summed E-state index contributed by atoms with van der Waals surface area (Å²) in [5.41, 5.74) is 5.03. The number of nitrogens with one attached hydrogen (secondary N) is 1. The molecule has 3 N–H and O–H groups in total. The van der Waals surface area contributed by atoms with Gasteiger partial charge < -0.3 is 20.5 Å². The molecule has 5 nitrogen and oxygen atoms in total. The van der Waals surface area contributed by atoms with E-state index in [0.29, 0.717) is 26.2 Å². The minimum Gasteiger partial charge on any atom is -0.379 e. The lowest BCUT2D eigenvalue weighted by atomic mass is 9.92. The Morgan fingerprint density at radius 1 is 1.41 bits per heavy atom. The van der Waals surface area contributed by atoms with E-state index in [1.54, 1.807) is 0 Å². The normalized spacial score (nSPS) is 36.8. The average Bonchev–Trinajstić information content (AvgIpc) is 2.65. The quantitative estimate of drug-likeness (QED) is 0.724. The molecule has 2 aliphatic heterocycles. The lowest BCUT2D eigenvalue weighted by Gasteiger charge is -2.37. The molecule has 2 rings (SSSR count). The van der Waals surface area contributed by atoms with Crippen molar-refractivity contribution >= 4 is 5.91 Å². The highest BCUT2D eigenvalue weighted by Crippen LogP contribution is 2.25. The van der Waals surface area contributed by atoms with Crippen molar-refractivity contribution < 1.29 is 14.3 Å². The van der Waals surface area contributed by atoms with Crippen molar-refractivity contribution in [3.8, 4) is 0 Å². The van der Waals surface area contributed by atoms with Gasteiger partial charge in [0.2, 0.25) is 5.91 Å². The third kappa shape index (κ3) is 2.97. The van der Waals surface area contributed by atoms with E-state index in [-0.39, 0.29) is 17.6 Å². The maximum atomic E-state index is 12.1. The molecule has 0 saturated carbocycles. The molecule has 0 aliphatic carbocycles. The zero-order chi connectivity index (χ0) is 12.5. The molecule has 0 aromatic heterocycles. The average molecular weight is 242 g/mol. The number of nitrogens with two attached hydrogens (primary N) is 1. The summed E-state index contributed by atoms with van der Waals surface area (Å²) in [6, 6.07) is 0.160. The molecule has 2 unspecified atom stereocenters. The number of hydrogen-bond acceptors (Lipinski definition) is 4. The van der Waals surface area contributed by atoms with Crippen molar-refractivity contribution in [2.45, 2.75) is 50.3 Å². The van der Waals surface area contributed by atoms with E-state index in [4.69, 9.17) is 15.2 Å². The monoisotopic (exact) mass is 242 g/mol. The van der Waals surface area contributed by atoms with E-state index in [1.807, 2.05) is 13.8 Å². The van der Waals surface area contributed by atoms with Crippen LogP contribution in [0.2, 0.25) is 0 Å². The minimum atomic E-state index is -0.831. The van der Waals surface area contributed by atoms with Crippen LogP contribution in [0.15, 0.2) is 0 Å². The van der Waals surface area contributed by atoms with Crippen LogP contribution in [0, 0.1) is 0 Å². The van der Waals surface area contributed by atoms with Crippen molar-refractivity contribution in [2.24, 2.45) is 5.73 Å². The van der Waals surface area contributed by atoms with Crippen LogP contribution in [0.5, 0.6) is 0 Å². The lowest BCUT2D eigenvalue weighted by Crippen LogP contribution is -2.58. The van der Waals surface area contributed by atoms with E-state index in [1.165, 1.54) is 0 Å². The van der Waals surface area contributed by atoms with Gasteiger partial charge in [-0.25, -0.2) is 0 Å². The van der Waals surface area contributed by atoms with Crippen LogP contribution in [0.1, 0.15) is 33.1 Å². The first kappa shape index (κ1) is 12.8. The Bertz CT molecular complexity index is 298. The van der Waals surface area contributed by atoms with Crippen LogP contribution in [0.4, 0.5) is 0 Å². The second kappa shape index (κ2) is 4.55. The van der Waals surface area contributed by atoms with Crippen molar-refractivity contribution in [3.05, 3.63) is 0 Å². The van der Waals surface area contributed by atoms with Gasteiger partial charge in [-0.2, -0.15) is 0 Å². The summed E-state index contributed by atoms with van der Waals surface area (Å²) in [6.45, 7) is 5.67. The van der Waals surface area contributed by atoms with E-state index in [9.17, 15) is 4.79 Å². The van der Waals surface area contributed by atoms with Crippen molar-refractivity contribution in [3.63, 3.8) is 0 Å². The summed E-state index contributed by atoms with van der Waals surface area (Å²) in [7, 11) is 0. The zero-order valence-corrected chi connectivity index (χ0v) is 10.6. The molecule has 2 saturated heterocycles. The summed E-state index contributed by atoms with van der Waals surface area (Å²) in [4.78, 5) is 12.1. The van der Waals surface area contributed by atoms with E-state index in [0.717, 1.165) is 12.8 Å². The van der Waals surface area contributed by atoms with Gasteiger partial charge in [0.25, 0.3) is 0 Å². The standard InChI is InChI=1S/C12H22N2O3/c1-11(2)7-9(3-5-17-11)14-10(15)12(13)4-6-16-8-12/h9H,3-8,13H2,1-2H3,(H,14,15). The van der Waals surface area contributed by atoms with E-state index >= 15 is 0 Å². The molecular formula is C12H22N2O3. The van der Waals surface area contributed by atoms with Crippen LogP contribution in [-0.2, 0) is 14.3 Å². The Labute approximate surface area is 102 Å². The van der Waals surface area contributed by atoms with Gasteiger partial charge >= 0.3 is 0 Å². The van der Waals surface area contributed by atoms with Crippen molar-refractivity contribution in [1.29, 1.82) is 0 Å². The molecule has 1 amide bonds. The van der Waals surface area contributed by atoms with Gasteiger partial charge in [0, 0.05) is 19.3 Å². The molecule has 0 radical (unpaired) electrons.